The first kappa shape index (κ1) is 78.5. The lowest BCUT2D eigenvalue weighted by Crippen LogP contribution is -2.40. The van der Waals surface area contributed by atoms with Crippen molar-refractivity contribution in [2.75, 3.05) is 29.7 Å². The van der Waals surface area contributed by atoms with Crippen molar-refractivity contribution >= 4 is 35.5 Å². The first-order valence-corrected chi connectivity index (χ1v) is 39.1. The molecule has 17 rings (SSSR count). The third kappa shape index (κ3) is 18.7. The molecule has 0 radical (unpaired) electrons. The van der Waals surface area contributed by atoms with E-state index in [1.54, 1.807) is 66.1 Å². The maximum Gasteiger partial charge on any atom is 0.320 e. The van der Waals surface area contributed by atoms with Crippen LogP contribution >= 0.6 is 0 Å². The van der Waals surface area contributed by atoms with Crippen LogP contribution in [0.1, 0.15) is 101 Å². The average Bonchev–Trinajstić information content (AvgIpc) is 1.64. The van der Waals surface area contributed by atoms with Gasteiger partial charge < -0.3 is 39.1 Å². The van der Waals surface area contributed by atoms with Gasteiger partial charge in [0.2, 0.25) is 5.89 Å². The Morgan fingerprint density at radius 1 is 0.470 bits per heavy atom. The second-order valence-corrected chi connectivity index (χ2v) is 29.6. The summed E-state index contributed by atoms with van der Waals surface area (Å²) in [6, 6.07) is 60.7. The van der Waals surface area contributed by atoms with Gasteiger partial charge in [0.05, 0.1) is 54.6 Å². The van der Waals surface area contributed by atoms with Crippen molar-refractivity contribution in [1.82, 2.24) is 84.8 Å². The number of amides is 6. The summed E-state index contributed by atoms with van der Waals surface area (Å²) in [7, 11) is 7.30. The molecule has 6 aromatic carbocycles. The van der Waals surface area contributed by atoms with Gasteiger partial charge in [0.1, 0.15) is 59.3 Å². The summed E-state index contributed by atoms with van der Waals surface area (Å²) in [5.74, 6) is 3.97. The van der Waals surface area contributed by atoms with Gasteiger partial charge in [0.25, 0.3) is 5.88 Å². The van der Waals surface area contributed by atoms with Crippen LogP contribution in [0.5, 0.6) is 5.88 Å². The molecular formula is C89H94N20O8. The molecule has 0 saturated heterocycles. The summed E-state index contributed by atoms with van der Waals surface area (Å²) < 4.78 is 38.5. The van der Waals surface area contributed by atoms with E-state index in [4.69, 9.17) is 38.4 Å². The highest BCUT2D eigenvalue weighted by Crippen LogP contribution is 2.42. The maximum atomic E-state index is 13.6. The molecule has 3 aliphatic rings. The summed E-state index contributed by atoms with van der Waals surface area (Å²) >= 11 is 0. The number of hydrogen-bond acceptors (Lipinski definition) is 16. The molecule has 0 unspecified atom stereocenters. The van der Waals surface area contributed by atoms with E-state index < -0.39 is 0 Å². The van der Waals surface area contributed by atoms with Gasteiger partial charge in [-0.15, -0.1) is 0 Å². The van der Waals surface area contributed by atoms with Crippen molar-refractivity contribution in [3.05, 3.63) is 294 Å². The number of benzene rings is 6. The summed E-state index contributed by atoms with van der Waals surface area (Å²) in [5, 5.41) is 50.3. The van der Waals surface area contributed by atoms with Gasteiger partial charge in [-0.1, -0.05) is 157 Å². The Morgan fingerprint density at radius 3 is 1.24 bits per heavy atom. The highest BCUT2D eigenvalue weighted by Gasteiger charge is 2.40. The average molecular weight is 1570 g/mol. The Kier molecular flexibility index (Phi) is 24.3. The van der Waals surface area contributed by atoms with E-state index >= 15 is 0 Å². The van der Waals surface area contributed by atoms with Crippen LogP contribution in [0.3, 0.4) is 0 Å². The summed E-state index contributed by atoms with van der Waals surface area (Å²) in [6.45, 7) is 8.61. The molecule has 8 heterocycles. The number of hydrogen-bond donors (Lipinski definition) is 6. The predicted molar refractivity (Wildman–Crippen MR) is 445 cm³/mol. The van der Waals surface area contributed by atoms with Crippen LogP contribution in [0, 0.1) is 27.7 Å². The number of oxazole rings is 1. The topological polar surface area (TPSA) is 310 Å². The van der Waals surface area contributed by atoms with Crippen LogP contribution in [-0.2, 0) is 37.2 Å². The van der Waals surface area contributed by atoms with Crippen LogP contribution in [-0.4, -0.2) is 131 Å². The molecule has 14 aromatic rings. The number of nitrogens with zero attached hydrogens (tertiary/aromatic N) is 14. The normalized spacial score (nSPS) is 18.5. The zero-order chi connectivity index (χ0) is 80.9. The molecule has 8 aromatic heterocycles. The number of aromatic nitrogens is 14. The molecule has 0 aliphatic heterocycles. The minimum absolute atomic E-state index is 0.0308. The van der Waals surface area contributed by atoms with E-state index in [-0.39, 0.29) is 66.2 Å². The van der Waals surface area contributed by atoms with Crippen LogP contribution in [0.2, 0.25) is 0 Å². The third-order valence-corrected chi connectivity index (χ3v) is 21.5. The minimum Gasteiger partial charge on any atom is -0.472 e. The first-order valence-electron chi connectivity index (χ1n) is 39.1. The standard InChI is InChI=1S/C31H33N7O3.C29H29N7O3.C29H32N6O2/c1-20-16-32-28(41-20)19-40-25-14-26(22-10-6-4-7-11-22)27(15-25)34-31(39)35-30-21(2)29(23-17-33-37(3)18-23)36-38(30)24-12-8-5-9-13-24;1-19-27(21-17-30-35(2)18-21)33-36(22-11-7-4-8-12-22)28(19)32-29(37)31-25-16-23(39-26-13-14-38-34-26)15-24(25)20-9-5-3-6-10-20;1-20-27(23-18-30-34(2)19-23)33-35(24-12-8-5-9-13-24)28(20)32-29(36)31-26-17-21(14-15-37-3)16-25(26)22-10-6-4-7-11-22/h4-13,16-18,25-27H,14-15,19H2,1-3H3,(H2,34,35,39);3-14,17-18,23-25H,15-16H2,1-2H3,(H2,31,32,37);4-14,18-19,25-26H,15-17H2,1-3H3,(H2,31,32,36)/b;;21-14+/t25-,26-,27+;23-,24-,25+;25-,26+/m000/s1. The number of methoxy groups -OCH3 is 1. The Labute approximate surface area is 677 Å². The van der Waals surface area contributed by atoms with Crippen molar-refractivity contribution in [3.8, 4) is 56.7 Å². The second-order valence-electron chi connectivity index (χ2n) is 29.6. The zero-order valence-corrected chi connectivity index (χ0v) is 66.4. The van der Waals surface area contributed by atoms with Crippen molar-refractivity contribution in [2.24, 2.45) is 21.1 Å². The lowest BCUT2D eigenvalue weighted by Gasteiger charge is -2.21. The fraction of sp³-hybridized carbons (Fsp3) is 0.270. The van der Waals surface area contributed by atoms with Gasteiger partial charge in [0.15, 0.2) is 0 Å². The molecular weight excluding hydrogens is 1480 g/mol. The van der Waals surface area contributed by atoms with Crippen LogP contribution in [0.25, 0.3) is 50.8 Å². The summed E-state index contributed by atoms with van der Waals surface area (Å²) in [4.78, 5) is 44.8. The minimum atomic E-state index is -0.305. The molecule has 3 saturated carbocycles. The van der Waals surface area contributed by atoms with Crippen LogP contribution in [0.4, 0.5) is 31.8 Å². The van der Waals surface area contributed by atoms with Crippen molar-refractivity contribution < 1.29 is 37.5 Å². The molecule has 28 nitrogen and oxygen atoms in total. The monoisotopic (exact) mass is 1570 g/mol. The predicted octanol–water partition coefficient (Wildman–Crippen LogP) is 15.8. The largest absolute Gasteiger partial charge is 0.472 e. The first-order chi connectivity index (χ1) is 57.0. The Balaban J connectivity index is 0.000000138. The molecule has 598 valence electrons. The number of carbonyl (C=O) groups excluding carboxylic acids is 3. The lowest BCUT2D eigenvalue weighted by molar-refractivity contribution is 0.0310. The van der Waals surface area contributed by atoms with Gasteiger partial charge in [-0.2, -0.15) is 30.6 Å². The highest BCUT2D eigenvalue weighted by molar-refractivity contribution is 5.93. The van der Waals surface area contributed by atoms with Crippen molar-refractivity contribution in [1.29, 1.82) is 0 Å². The Bertz CT molecular complexity index is 5660. The number of para-hydroxylation sites is 3. The van der Waals surface area contributed by atoms with Gasteiger partial charge in [-0.25, -0.2) is 33.4 Å². The molecule has 8 atom stereocenters. The number of aryl methyl sites for hydroxylation is 4. The lowest BCUT2D eigenvalue weighted by atomic mass is 9.94. The number of urea groups is 3. The van der Waals surface area contributed by atoms with Crippen molar-refractivity contribution in [3.63, 3.8) is 0 Å². The van der Waals surface area contributed by atoms with E-state index in [1.165, 1.54) is 23.0 Å². The molecule has 6 N–H and O–H groups in total. The molecule has 6 amide bonds. The summed E-state index contributed by atoms with van der Waals surface area (Å²) in [6.07, 6.45) is 20.7. The van der Waals surface area contributed by atoms with E-state index in [0.717, 1.165) is 105 Å². The number of nitrogens with one attached hydrogen (secondary N) is 6. The Morgan fingerprint density at radius 2 is 0.863 bits per heavy atom. The molecule has 0 spiro atoms. The molecule has 0 bridgehead atoms. The van der Waals surface area contributed by atoms with Gasteiger partial charge in [0, 0.05) is 129 Å². The Hall–Kier alpha value is -13.7. The quantitative estimate of drug-likeness (QED) is 0.0344. The fourth-order valence-corrected chi connectivity index (χ4v) is 15.8. The van der Waals surface area contributed by atoms with E-state index in [1.807, 2.05) is 213 Å². The van der Waals surface area contributed by atoms with E-state index in [0.29, 0.717) is 55.3 Å². The van der Waals surface area contributed by atoms with Crippen molar-refractivity contribution in [2.45, 2.75) is 121 Å². The number of anilines is 3. The summed E-state index contributed by atoms with van der Waals surface area (Å²) in [5.41, 5.74) is 14.9. The SMILES string of the molecule is COC/C=C1/C[C@@H](NC(=O)Nc2c(C)c(-c3cnn(C)c3)nn2-c2ccccc2)[C@H](c2ccccc2)C1.Cc1c(-c2cnn(C)c2)nn(-c2ccccc2)c1NC(=O)N[C@@H]1C[C@@H](Oc2ccon2)C[C@H]1c1ccccc1.Cc1cnc(CO[C@@H]2C[C@@H](NC(=O)Nc3c(C)c(-c4cnn(C)c4)nn3-c3ccccc3)[C@H](c3ccccc3)C2)o1. The molecule has 28 heteroatoms. The zero-order valence-electron chi connectivity index (χ0n) is 66.4. The van der Waals surface area contributed by atoms with Gasteiger partial charge >= 0.3 is 18.1 Å². The number of carbonyl (C=O) groups is 3. The second kappa shape index (κ2) is 36.2. The number of ether oxygens (including phenoxy) is 3. The van der Waals surface area contributed by atoms with Gasteiger partial charge in [-0.3, -0.25) is 30.0 Å². The van der Waals surface area contributed by atoms with Crippen LogP contribution < -0.4 is 36.6 Å². The van der Waals surface area contributed by atoms with Gasteiger partial charge in [-0.05, 0) is 118 Å². The molecule has 117 heavy (non-hydrogen) atoms. The molecule has 3 fully saturated rings. The smallest absolute Gasteiger partial charge is 0.320 e. The fourth-order valence-electron chi connectivity index (χ4n) is 15.8. The van der Waals surface area contributed by atoms with E-state index in [9.17, 15) is 14.4 Å². The van der Waals surface area contributed by atoms with E-state index in [2.05, 4.69) is 99.8 Å². The van der Waals surface area contributed by atoms with Crippen LogP contribution in [0.15, 0.2) is 258 Å². The third-order valence-electron chi connectivity index (χ3n) is 21.5. The highest BCUT2D eigenvalue weighted by atomic mass is 16.5. The number of rotatable bonds is 22. The molecule has 3 aliphatic carbocycles. The maximum absolute atomic E-state index is 13.6.